The largest absolute Gasteiger partial charge is 0.344 e. The van der Waals surface area contributed by atoms with Gasteiger partial charge < -0.3 is 9.84 Å². The molecule has 1 aliphatic rings. The first-order valence-corrected chi connectivity index (χ1v) is 8.40. The summed E-state index contributed by atoms with van der Waals surface area (Å²) in [5.41, 5.74) is 0.932. The maximum Gasteiger partial charge on any atom is 0.249 e. The summed E-state index contributed by atoms with van der Waals surface area (Å²) >= 11 is 0. The van der Waals surface area contributed by atoms with Crippen LogP contribution in [0.2, 0.25) is 0 Å². The zero-order valence-corrected chi connectivity index (χ0v) is 14.0. The van der Waals surface area contributed by atoms with Crippen LogP contribution in [-0.4, -0.2) is 16.0 Å². The number of nitrogens with one attached hydrogen (secondary N) is 1. The number of halogens is 1. The van der Waals surface area contributed by atoms with Crippen LogP contribution in [0.4, 0.5) is 4.39 Å². The number of rotatable bonds is 7. The van der Waals surface area contributed by atoms with Gasteiger partial charge in [0.25, 0.3) is 0 Å². The van der Waals surface area contributed by atoms with E-state index in [9.17, 15) is 9.18 Å². The molecule has 1 heterocycles. The van der Waals surface area contributed by atoms with Gasteiger partial charge in [-0.25, -0.2) is 4.39 Å². The summed E-state index contributed by atoms with van der Waals surface area (Å²) in [6.07, 6.45) is 3.11. The summed E-state index contributed by atoms with van der Waals surface area (Å²) in [6, 6.07) is 5.92. The zero-order chi connectivity index (χ0) is 17.1. The highest BCUT2D eigenvalue weighted by molar-refractivity contribution is 5.76. The predicted molar refractivity (Wildman–Crippen MR) is 86.7 cm³/mol. The third kappa shape index (κ3) is 4.19. The van der Waals surface area contributed by atoms with Crippen LogP contribution in [-0.2, 0) is 11.2 Å². The van der Waals surface area contributed by atoms with E-state index < -0.39 is 0 Å². The van der Waals surface area contributed by atoms with E-state index in [0.29, 0.717) is 24.7 Å². The van der Waals surface area contributed by atoms with Crippen LogP contribution < -0.4 is 5.32 Å². The smallest absolute Gasteiger partial charge is 0.249 e. The lowest BCUT2D eigenvalue weighted by Gasteiger charge is -2.18. The monoisotopic (exact) mass is 331 g/mol. The molecule has 3 rings (SSSR count). The third-order valence-electron chi connectivity index (χ3n) is 4.20. The van der Waals surface area contributed by atoms with Crippen molar-refractivity contribution in [1.29, 1.82) is 0 Å². The molecule has 0 aliphatic heterocycles. The molecule has 1 amide bonds. The average molecular weight is 331 g/mol. The predicted octanol–water partition coefficient (Wildman–Crippen LogP) is 3.53. The number of carbonyl (C=O) groups is 1. The van der Waals surface area contributed by atoms with Gasteiger partial charge in [-0.15, -0.1) is 0 Å². The Bertz CT molecular complexity index is 693. The maximum absolute atomic E-state index is 12.9. The quantitative estimate of drug-likeness (QED) is 0.843. The van der Waals surface area contributed by atoms with Gasteiger partial charge in [-0.05, 0) is 42.9 Å². The number of aryl methyl sites for hydroxylation is 1. The molecule has 1 atom stereocenters. The van der Waals surface area contributed by atoms with E-state index in [1.165, 1.54) is 12.1 Å². The minimum Gasteiger partial charge on any atom is -0.344 e. The fourth-order valence-corrected chi connectivity index (χ4v) is 2.55. The molecule has 1 saturated carbocycles. The Kier molecular flexibility index (Phi) is 4.92. The van der Waals surface area contributed by atoms with E-state index in [2.05, 4.69) is 15.5 Å². The van der Waals surface area contributed by atoms with Crippen molar-refractivity contribution in [3.05, 3.63) is 47.4 Å². The van der Waals surface area contributed by atoms with Crippen molar-refractivity contribution in [3.8, 4) is 0 Å². The van der Waals surface area contributed by atoms with Gasteiger partial charge in [0.1, 0.15) is 11.9 Å². The molecule has 1 aromatic carbocycles. The lowest BCUT2D eigenvalue weighted by molar-refractivity contribution is -0.122. The van der Waals surface area contributed by atoms with Gasteiger partial charge in [-0.1, -0.05) is 31.1 Å². The molecule has 2 aromatic rings. The lowest BCUT2D eigenvalue weighted by Crippen LogP contribution is -2.32. The van der Waals surface area contributed by atoms with E-state index in [0.717, 1.165) is 24.2 Å². The highest BCUT2D eigenvalue weighted by Gasteiger charge is 2.31. The Morgan fingerprint density at radius 3 is 2.67 bits per heavy atom. The van der Waals surface area contributed by atoms with Gasteiger partial charge in [0.2, 0.25) is 11.8 Å². The standard InChI is InChI=1S/C18H22FN3O2/c1-11(2)16(18-21-17(22-24-18)13-6-7-13)20-15(23)10-5-12-3-8-14(19)9-4-12/h3-4,8-9,11,13,16H,5-7,10H2,1-2H3,(H,20,23). The maximum atomic E-state index is 12.9. The van der Waals surface area contributed by atoms with Crippen molar-refractivity contribution in [3.63, 3.8) is 0 Å². The second-order valence-electron chi connectivity index (χ2n) is 6.68. The van der Waals surface area contributed by atoms with Gasteiger partial charge in [0, 0.05) is 12.3 Å². The Morgan fingerprint density at radius 1 is 1.33 bits per heavy atom. The number of aromatic nitrogens is 2. The molecular weight excluding hydrogens is 309 g/mol. The molecule has 1 N–H and O–H groups in total. The first kappa shape index (κ1) is 16.6. The molecule has 6 heteroatoms. The Hall–Kier alpha value is -2.24. The van der Waals surface area contributed by atoms with Crippen LogP contribution in [0, 0.1) is 11.7 Å². The Morgan fingerprint density at radius 2 is 2.04 bits per heavy atom. The third-order valence-corrected chi connectivity index (χ3v) is 4.20. The summed E-state index contributed by atoms with van der Waals surface area (Å²) < 4.78 is 18.2. The van der Waals surface area contributed by atoms with Gasteiger partial charge in [0.05, 0.1) is 0 Å². The van der Waals surface area contributed by atoms with Gasteiger partial charge in [-0.3, -0.25) is 4.79 Å². The van der Waals surface area contributed by atoms with Gasteiger partial charge >= 0.3 is 0 Å². The van der Waals surface area contributed by atoms with E-state index in [4.69, 9.17) is 4.52 Å². The first-order valence-electron chi connectivity index (χ1n) is 8.40. The summed E-state index contributed by atoms with van der Waals surface area (Å²) in [5, 5.41) is 7.00. The van der Waals surface area contributed by atoms with E-state index >= 15 is 0 Å². The molecule has 0 bridgehead atoms. The Balaban J connectivity index is 1.57. The molecule has 128 valence electrons. The minimum atomic E-state index is -0.286. The molecule has 0 radical (unpaired) electrons. The summed E-state index contributed by atoms with van der Waals surface area (Å²) in [4.78, 5) is 16.7. The highest BCUT2D eigenvalue weighted by Crippen LogP contribution is 2.38. The second kappa shape index (κ2) is 7.11. The van der Waals surface area contributed by atoms with Crippen LogP contribution in [0.3, 0.4) is 0 Å². The number of benzene rings is 1. The fraction of sp³-hybridized carbons (Fsp3) is 0.500. The first-order chi connectivity index (χ1) is 11.5. The van der Waals surface area contributed by atoms with E-state index in [-0.39, 0.29) is 23.7 Å². The van der Waals surface area contributed by atoms with Crippen LogP contribution in [0.5, 0.6) is 0 Å². The minimum absolute atomic E-state index is 0.0794. The van der Waals surface area contributed by atoms with Crippen molar-refractivity contribution >= 4 is 5.91 Å². The number of hydrogen-bond acceptors (Lipinski definition) is 4. The Labute approximate surface area is 140 Å². The molecule has 0 saturated heterocycles. The topological polar surface area (TPSA) is 68.0 Å². The fourth-order valence-electron chi connectivity index (χ4n) is 2.55. The number of carbonyl (C=O) groups excluding carboxylic acids is 1. The molecule has 1 aromatic heterocycles. The second-order valence-corrected chi connectivity index (χ2v) is 6.68. The lowest BCUT2D eigenvalue weighted by atomic mass is 10.0. The average Bonchev–Trinajstić information content (AvgIpc) is 3.30. The van der Waals surface area contributed by atoms with Gasteiger partial charge in [-0.2, -0.15) is 4.98 Å². The number of nitrogens with zero attached hydrogens (tertiary/aromatic N) is 2. The SMILES string of the molecule is CC(C)C(NC(=O)CCc1ccc(F)cc1)c1nc(C2CC2)no1. The normalized spacial score (nSPS) is 15.5. The van der Waals surface area contributed by atoms with Crippen LogP contribution >= 0.6 is 0 Å². The van der Waals surface area contributed by atoms with Crippen molar-refractivity contribution < 1.29 is 13.7 Å². The molecule has 24 heavy (non-hydrogen) atoms. The molecule has 1 unspecified atom stereocenters. The van der Waals surface area contributed by atoms with Crippen LogP contribution in [0.1, 0.15) is 62.3 Å². The van der Waals surface area contributed by atoms with Crippen LogP contribution in [0.25, 0.3) is 0 Å². The van der Waals surface area contributed by atoms with E-state index in [1.807, 2.05) is 13.8 Å². The van der Waals surface area contributed by atoms with Crippen molar-refractivity contribution in [2.75, 3.05) is 0 Å². The summed E-state index contributed by atoms with van der Waals surface area (Å²) in [6.45, 7) is 4.01. The zero-order valence-electron chi connectivity index (χ0n) is 14.0. The van der Waals surface area contributed by atoms with Crippen molar-refractivity contribution in [1.82, 2.24) is 15.5 Å². The number of hydrogen-bond donors (Lipinski definition) is 1. The molecule has 1 fully saturated rings. The number of amides is 1. The van der Waals surface area contributed by atoms with Crippen molar-refractivity contribution in [2.24, 2.45) is 5.92 Å². The van der Waals surface area contributed by atoms with Crippen LogP contribution in [0.15, 0.2) is 28.8 Å². The highest BCUT2D eigenvalue weighted by atomic mass is 19.1. The molecule has 5 nitrogen and oxygen atoms in total. The van der Waals surface area contributed by atoms with Crippen molar-refractivity contribution in [2.45, 2.75) is 51.5 Å². The van der Waals surface area contributed by atoms with Gasteiger partial charge in [0.15, 0.2) is 5.82 Å². The molecule has 0 spiro atoms. The summed E-state index contributed by atoms with van der Waals surface area (Å²) in [5.74, 6) is 1.44. The van der Waals surface area contributed by atoms with E-state index in [1.54, 1.807) is 12.1 Å². The summed E-state index contributed by atoms with van der Waals surface area (Å²) in [7, 11) is 0. The molecule has 1 aliphatic carbocycles. The molecular formula is C18H22FN3O2.